The molecular formula is C21H26N2O3S. The summed E-state index contributed by atoms with van der Waals surface area (Å²) < 4.78 is 11.6. The molecule has 1 saturated heterocycles. The molecule has 1 aromatic carbocycles. The molecular weight excluding hydrogens is 360 g/mol. The molecule has 0 aromatic heterocycles. The lowest BCUT2D eigenvalue weighted by Crippen LogP contribution is -2.56. The van der Waals surface area contributed by atoms with E-state index in [2.05, 4.69) is 28.8 Å². The van der Waals surface area contributed by atoms with Crippen LogP contribution in [0.25, 0.3) is 0 Å². The van der Waals surface area contributed by atoms with E-state index < -0.39 is 5.54 Å². The van der Waals surface area contributed by atoms with Gasteiger partial charge in [-0.25, -0.2) is 0 Å². The molecule has 4 aliphatic rings. The summed E-state index contributed by atoms with van der Waals surface area (Å²) in [6, 6.07) is 6.28. The third kappa shape index (κ3) is 2.60. The Morgan fingerprint density at radius 3 is 2.63 bits per heavy atom. The molecule has 1 heterocycles. The van der Waals surface area contributed by atoms with E-state index in [9.17, 15) is 4.79 Å². The maximum Gasteiger partial charge on any atom is 0.257 e. The molecule has 0 radical (unpaired) electrons. The summed E-state index contributed by atoms with van der Waals surface area (Å²) in [5, 5.41) is 6.72. The van der Waals surface area contributed by atoms with Crippen molar-refractivity contribution in [2.24, 2.45) is 11.3 Å². The monoisotopic (exact) mass is 386 g/mol. The zero-order valence-electron chi connectivity index (χ0n) is 15.7. The second-order valence-corrected chi connectivity index (χ2v) is 9.03. The van der Waals surface area contributed by atoms with Crippen molar-refractivity contribution in [2.45, 2.75) is 56.6 Å². The van der Waals surface area contributed by atoms with Crippen LogP contribution >= 0.6 is 12.2 Å². The summed E-state index contributed by atoms with van der Waals surface area (Å²) in [5.41, 5.74) is 1.34. The molecule has 1 amide bonds. The minimum absolute atomic E-state index is 0.0125. The number of thiocarbonyl (C=S) groups is 1. The molecule has 0 bridgehead atoms. The molecule has 5 rings (SSSR count). The second-order valence-electron chi connectivity index (χ2n) is 8.62. The van der Waals surface area contributed by atoms with Gasteiger partial charge in [0.15, 0.2) is 10.7 Å². The number of fused-ring (bicyclic) bond motifs is 3. The number of ether oxygens (including phenoxy) is 2. The van der Waals surface area contributed by atoms with Crippen LogP contribution in [0.4, 0.5) is 0 Å². The SMILES string of the molecule is COC1CCC2(CC1)Cc1ccc(OCC3CC3)cc1C21NC(=S)NC1=O. The predicted octanol–water partition coefficient (Wildman–Crippen LogP) is 2.81. The summed E-state index contributed by atoms with van der Waals surface area (Å²) in [7, 11) is 1.78. The summed E-state index contributed by atoms with van der Waals surface area (Å²) in [6.45, 7) is 0.768. The lowest BCUT2D eigenvalue weighted by Gasteiger charge is -2.46. The minimum Gasteiger partial charge on any atom is -0.493 e. The van der Waals surface area contributed by atoms with Gasteiger partial charge in [-0.3, -0.25) is 4.79 Å². The first-order chi connectivity index (χ1) is 13.1. The molecule has 1 aliphatic heterocycles. The second kappa shape index (κ2) is 6.17. The first kappa shape index (κ1) is 17.4. The lowest BCUT2D eigenvalue weighted by atomic mass is 9.61. The summed E-state index contributed by atoms with van der Waals surface area (Å²) in [5.74, 6) is 1.54. The van der Waals surface area contributed by atoms with E-state index in [4.69, 9.17) is 21.7 Å². The topological polar surface area (TPSA) is 59.6 Å². The van der Waals surface area contributed by atoms with Crippen LogP contribution in [0.3, 0.4) is 0 Å². The smallest absolute Gasteiger partial charge is 0.257 e. The van der Waals surface area contributed by atoms with Gasteiger partial charge in [-0.15, -0.1) is 0 Å². The van der Waals surface area contributed by atoms with Crippen LogP contribution in [0.1, 0.15) is 49.7 Å². The van der Waals surface area contributed by atoms with E-state index in [1.165, 1.54) is 18.4 Å². The van der Waals surface area contributed by atoms with Crippen LogP contribution in [0.5, 0.6) is 5.75 Å². The first-order valence-electron chi connectivity index (χ1n) is 9.99. The van der Waals surface area contributed by atoms with Crippen molar-refractivity contribution in [3.63, 3.8) is 0 Å². The summed E-state index contributed by atoms with van der Waals surface area (Å²) in [6.07, 6.45) is 7.53. The number of methoxy groups -OCH3 is 1. The highest BCUT2D eigenvalue weighted by atomic mass is 32.1. The Morgan fingerprint density at radius 1 is 1.22 bits per heavy atom. The predicted molar refractivity (Wildman–Crippen MR) is 106 cm³/mol. The van der Waals surface area contributed by atoms with Crippen molar-refractivity contribution in [3.8, 4) is 5.75 Å². The normalized spacial score (nSPS) is 34.6. The van der Waals surface area contributed by atoms with Gasteiger partial charge in [-0.2, -0.15) is 0 Å². The first-order valence-corrected chi connectivity index (χ1v) is 10.4. The van der Waals surface area contributed by atoms with E-state index in [-0.39, 0.29) is 17.4 Å². The molecule has 2 saturated carbocycles. The van der Waals surface area contributed by atoms with E-state index in [1.54, 1.807) is 7.11 Å². The average molecular weight is 387 g/mol. The highest BCUT2D eigenvalue weighted by Crippen LogP contribution is 2.59. The van der Waals surface area contributed by atoms with E-state index in [0.29, 0.717) is 11.0 Å². The number of benzene rings is 1. The molecule has 1 aromatic rings. The largest absolute Gasteiger partial charge is 0.493 e. The fourth-order valence-corrected chi connectivity index (χ4v) is 5.63. The van der Waals surface area contributed by atoms with Crippen molar-refractivity contribution >= 4 is 23.2 Å². The number of hydrogen-bond donors (Lipinski definition) is 2. The number of nitrogens with one attached hydrogen (secondary N) is 2. The van der Waals surface area contributed by atoms with Crippen molar-refractivity contribution in [2.75, 3.05) is 13.7 Å². The van der Waals surface area contributed by atoms with Gasteiger partial charge in [-0.1, -0.05) is 6.07 Å². The molecule has 27 heavy (non-hydrogen) atoms. The Hall–Kier alpha value is -1.66. The van der Waals surface area contributed by atoms with Gasteiger partial charge in [0.05, 0.1) is 12.7 Å². The van der Waals surface area contributed by atoms with E-state index >= 15 is 0 Å². The summed E-state index contributed by atoms with van der Waals surface area (Å²) >= 11 is 5.36. The van der Waals surface area contributed by atoms with Gasteiger partial charge in [0.1, 0.15) is 5.75 Å². The third-order valence-electron chi connectivity index (χ3n) is 7.08. The number of rotatable bonds is 4. The van der Waals surface area contributed by atoms with Crippen LogP contribution in [0.2, 0.25) is 0 Å². The molecule has 6 heteroatoms. The van der Waals surface area contributed by atoms with Crippen molar-refractivity contribution < 1.29 is 14.3 Å². The number of carbonyl (C=O) groups excluding carboxylic acids is 1. The van der Waals surface area contributed by atoms with Crippen molar-refractivity contribution in [1.82, 2.24) is 10.6 Å². The molecule has 3 fully saturated rings. The number of hydrogen-bond acceptors (Lipinski definition) is 4. The van der Waals surface area contributed by atoms with Crippen molar-refractivity contribution in [1.29, 1.82) is 0 Å². The van der Waals surface area contributed by atoms with Crippen LogP contribution < -0.4 is 15.4 Å². The number of carbonyl (C=O) groups is 1. The van der Waals surface area contributed by atoms with Gasteiger partial charge >= 0.3 is 0 Å². The molecule has 3 aliphatic carbocycles. The molecule has 2 N–H and O–H groups in total. The maximum atomic E-state index is 13.3. The highest BCUT2D eigenvalue weighted by Gasteiger charge is 2.65. The Kier molecular flexibility index (Phi) is 3.99. The molecule has 2 spiro atoms. The standard InChI is InChI=1S/C21H26N2O3S/c1-25-15-6-8-20(9-7-15)11-14-4-5-16(26-12-13-2-3-13)10-17(14)21(20)18(24)22-19(27)23-21/h4-5,10,13,15H,2-3,6-9,11-12H2,1H3,(H2,22,23,24,27). The Bertz CT molecular complexity index is 799. The minimum atomic E-state index is -0.781. The fourth-order valence-electron chi connectivity index (χ4n) is 5.38. The van der Waals surface area contributed by atoms with Gasteiger partial charge < -0.3 is 20.1 Å². The zero-order valence-corrected chi connectivity index (χ0v) is 16.5. The van der Waals surface area contributed by atoms with Crippen molar-refractivity contribution in [3.05, 3.63) is 29.3 Å². The lowest BCUT2D eigenvalue weighted by molar-refractivity contribution is -0.131. The Balaban J connectivity index is 1.54. The van der Waals surface area contributed by atoms with Crippen LogP contribution in [0.15, 0.2) is 18.2 Å². The molecule has 144 valence electrons. The van der Waals surface area contributed by atoms with Gasteiger partial charge in [0, 0.05) is 12.5 Å². The number of amides is 1. The molecule has 1 atom stereocenters. The Labute approximate surface area is 165 Å². The molecule has 5 nitrogen and oxygen atoms in total. The van der Waals surface area contributed by atoms with Crippen LogP contribution in [0, 0.1) is 11.3 Å². The average Bonchev–Trinajstić information content (AvgIpc) is 3.40. The van der Waals surface area contributed by atoms with Gasteiger partial charge in [0.2, 0.25) is 0 Å². The zero-order chi connectivity index (χ0) is 18.6. The van der Waals surface area contributed by atoms with Crippen LogP contribution in [-0.2, 0) is 21.5 Å². The quantitative estimate of drug-likeness (QED) is 0.780. The van der Waals surface area contributed by atoms with Gasteiger partial charge in [0.25, 0.3) is 5.91 Å². The van der Waals surface area contributed by atoms with Crippen LogP contribution in [-0.4, -0.2) is 30.8 Å². The maximum absolute atomic E-state index is 13.3. The van der Waals surface area contributed by atoms with Gasteiger partial charge in [-0.05, 0) is 86.3 Å². The molecule has 1 unspecified atom stereocenters. The third-order valence-corrected chi connectivity index (χ3v) is 7.29. The van der Waals surface area contributed by atoms with E-state index in [0.717, 1.165) is 50.0 Å². The highest BCUT2D eigenvalue weighted by molar-refractivity contribution is 7.80. The van der Waals surface area contributed by atoms with E-state index in [1.807, 2.05) is 0 Å². The fraction of sp³-hybridized carbons (Fsp3) is 0.619. The summed E-state index contributed by atoms with van der Waals surface area (Å²) in [4.78, 5) is 13.3. The Morgan fingerprint density at radius 2 is 2.00 bits per heavy atom.